The van der Waals surface area contributed by atoms with Crippen molar-refractivity contribution < 1.29 is 18.7 Å². The Hall–Kier alpha value is -2.65. The van der Waals surface area contributed by atoms with E-state index in [1.165, 1.54) is 26.0 Å². The van der Waals surface area contributed by atoms with Crippen LogP contribution in [0.5, 0.6) is 11.5 Å². The van der Waals surface area contributed by atoms with Crippen LogP contribution in [0.4, 0.5) is 5.69 Å². The minimum atomic E-state index is -0.213. The van der Waals surface area contributed by atoms with Gasteiger partial charge in [0.25, 0.3) is 0 Å². The number of aromatic nitrogens is 3. The van der Waals surface area contributed by atoms with Crippen molar-refractivity contribution in [3.05, 3.63) is 35.2 Å². The molecule has 0 spiro atoms. The van der Waals surface area contributed by atoms with Crippen LogP contribution in [0.25, 0.3) is 11.4 Å². The molecule has 0 aliphatic rings. The third kappa shape index (κ3) is 4.73. The fourth-order valence-corrected chi connectivity index (χ4v) is 3.91. The number of hydrogen-bond donors (Lipinski definition) is 1. The Bertz CT molecular complexity index is 1030. The van der Waals surface area contributed by atoms with E-state index in [-0.39, 0.29) is 11.7 Å². The van der Waals surface area contributed by atoms with E-state index in [1.54, 1.807) is 18.4 Å². The molecule has 1 N–H and O–H groups in total. The number of hydrogen-bond acceptors (Lipinski definition) is 7. The van der Waals surface area contributed by atoms with E-state index >= 15 is 0 Å². The number of rotatable bonds is 9. The first-order valence-corrected chi connectivity index (χ1v) is 10.7. The number of benzene rings is 1. The molecule has 0 radical (unpaired) electrons. The molecule has 0 aliphatic heterocycles. The van der Waals surface area contributed by atoms with E-state index in [0.717, 1.165) is 30.1 Å². The van der Waals surface area contributed by atoms with Crippen LogP contribution in [0, 0.1) is 6.92 Å². The number of aryl methyl sites for hydroxylation is 1. The highest BCUT2D eigenvalue weighted by molar-refractivity contribution is 7.99. The summed E-state index contributed by atoms with van der Waals surface area (Å²) in [4.78, 5) is 12.6. The minimum Gasteiger partial charge on any atom is -0.495 e. The summed E-state index contributed by atoms with van der Waals surface area (Å²) in [5.41, 5.74) is 1.37. The summed E-state index contributed by atoms with van der Waals surface area (Å²) in [6.45, 7) is 4.70. The monoisotopic (exact) mass is 450 g/mol. The summed E-state index contributed by atoms with van der Waals surface area (Å²) in [5, 5.41) is 12.5. The van der Waals surface area contributed by atoms with Crippen molar-refractivity contribution in [2.75, 3.05) is 25.3 Å². The maximum Gasteiger partial charge on any atom is 0.234 e. The number of thioether (sulfide) groups is 1. The highest BCUT2D eigenvalue weighted by Gasteiger charge is 2.18. The molecule has 1 amide bonds. The van der Waals surface area contributed by atoms with Crippen molar-refractivity contribution in [2.45, 2.75) is 32.0 Å². The van der Waals surface area contributed by atoms with E-state index in [2.05, 4.69) is 22.4 Å². The second kappa shape index (κ2) is 9.90. The first-order valence-electron chi connectivity index (χ1n) is 9.30. The summed E-state index contributed by atoms with van der Waals surface area (Å²) < 4.78 is 17.9. The fraction of sp³-hybridized carbons (Fsp3) is 0.350. The Morgan fingerprint density at radius 3 is 2.67 bits per heavy atom. The molecule has 0 saturated heterocycles. The maximum absolute atomic E-state index is 12.6. The van der Waals surface area contributed by atoms with Crippen molar-refractivity contribution in [3.63, 3.8) is 0 Å². The van der Waals surface area contributed by atoms with Gasteiger partial charge in [-0.25, -0.2) is 0 Å². The van der Waals surface area contributed by atoms with Crippen LogP contribution >= 0.6 is 23.4 Å². The zero-order valence-corrected chi connectivity index (χ0v) is 18.8. The third-order valence-electron chi connectivity index (χ3n) is 4.34. The van der Waals surface area contributed by atoms with Crippen LogP contribution in [0.15, 0.2) is 34.0 Å². The van der Waals surface area contributed by atoms with Crippen LogP contribution in [0.1, 0.15) is 19.1 Å². The third-order valence-corrected chi connectivity index (χ3v) is 5.61. The zero-order chi connectivity index (χ0) is 21.7. The van der Waals surface area contributed by atoms with Gasteiger partial charge in [0.15, 0.2) is 11.0 Å². The number of furan rings is 1. The Balaban J connectivity index is 1.74. The Morgan fingerprint density at radius 1 is 1.27 bits per heavy atom. The lowest BCUT2D eigenvalue weighted by molar-refractivity contribution is -0.113. The molecule has 0 fully saturated rings. The number of anilines is 1. The van der Waals surface area contributed by atoms with Crippen LogP contribution < -0.4 is 14.8 Å². The Labute approximate surface area is 183 Å². The summed E-state index contributed by atoms with van der Waals surface area (Å²) in [7, 11) is 3.02. The molecule has 0 bridgehead atoms. The van der Waals surface area contributed by atoms with Gasteiger partial charge in [0, 0.05) is 18.7 Å². The zero-order valence-electron chi connectivity index (χ0n) is 17.2. The van der Waals surface area contributed by atoms with E-state index in [1.807, 2.05) is 17.6 Å². The van der Waals surface area contributed by atoms with Gasteiger partial charge in [-0.3, -0.25) is 4.79 Å². The van der Waals surface area contributed by atoms with Crippen LogP contribution in [0.3, 0.4) is 0 Å². The first-order chi connectivity index (χ1) is 14.5. The number of carbonyl (C=O) groups excluding carboxylic acids is 1. The second-order valence-electron chi connectivity index (χ2n) is 6.37. The minimum absolute atomic E-state index is 0.153. The largest absolute Gasteiger partial charge is 0.495 e. The number of halogens is 1. The molecular weight excluding hydrogens is 428 g/mol. The molecule has 0 unspecified atom stereocenters. The number of ether oxygens (including phenoxy) is 2. The molecule has 0 atom stereocenters. The predicted octanol–water partition coefficient (Wildman–Crippen LogP) is 4.66. The van der Waals surface area contributed by atoms with Gasteiger partial charge < -0.3 is 23.8 Å². The standard InChI is InChI=1S/C20H23ClN4O4S/c1-5-7-25-19(13-6-8-29-12(13)2)23-24-20(25)30-11-18(26)22-15-10-16(27-3)14(21)9-17(15)28-4/h6,8-10H,5,7,11H2,1-4H3,(H,22,26). The van der Waals surface area contributed by atoms with E-state index in [0.29, 0.717) is 27.4 Å². The molecule has 3 rings (SSSR count). The van der Waals surface area contributed by atoms with E-state index in [9.17, 15) is 4.79 Å². The van der Waals surface area contributed by atoms with E-state index in [4.69, 9.17) is 25.5 Å². The lowest BCUT2D eigenvalue weighted by atomic mass is 10.2. The molecule has 160 valence electrons. The summed E-state index contributed by atoms with van der Waals surface area (Å²) in [5.74, 6) is 2.34. The lowest BCUT2D eigenvalue weighted by Crippen LogP contribution is -2.15. The molecular formula is C20H23ClN4O4S. The lowest BCUT2D eigenvalue weighted by Gasteiger charge is -2.13. The summed E-state index contributed by atoms with van der Waals surface area (Å²) in [6.07, 6.45) is 2.53. The molecule has 3 aromatic rings. The van der Waals surface area contributed by atoms with Gasteiger partial charge in [0.1, 0.15) is 17.3 Å². The van der Waals surface area contributed by atoms with Gasteiger partial charge in [-0.1, -0.05) is 30.3 Å². The first kappa shape index (κ1) is 22.0. The molecule has 2 aromatic heterocycles. The highest BCUT2D eigenvalue weighted by Crippen LogP contribution is 2.36. The van der Waals surface area contributed by atoms with Gasteiger partial charge in [-0.2, -0.15) is 0 Å². The van der Waals surface area contributed by atoms with Crippen molar-refractivity contribution in [3.8, 4) is 22.9 Å². The number of nitrogens with one attached hydrogen (secondary N) is 1. The highest BCUT2D eigenvalue weighted by atomic mass is 35.5. The van der Waals surface area contributed by atoms with Crippen molar-refractivity contribution >= 4 is 35.0 Å². The number of nitrogens with zero attached hydrogens (tertiary/aromatic N) is 3. The molecule has 2 heterocycles. The quantitative estimate of drug-likeness (QED) is 0.474. The molecule has 30 heavy (non-hydrogen) atoms. The molecule has 10 heteroatoms. The average Bonchev–Trinajstić information content (AvgIpc) is 3.33. The van der Waals surface area contributed by atoms with Crippen molar-refractivity contribution in [1.82, 2.24) is 14.8 Å². The van der Waals surface area contributed by atoms with Crippen LogP contribution in [-0.2, 0) is 11.3 Å². The van der Waals surface area contributed by atoms with Gasteiger partial charge >= 0.3 is 0 Å². The maximum atomic E-state index is 12.6. The number of methoxy groups -OCH3 is 2. The summed E-state index contributed by atoms with van der Waals surface area (Å²) in [6, 6.07) is 5.09. The fourth-order valence-electron chi connectivity index (χ4n) is 2.91. The van der Waals surface area contributed by atoms with Crippen LogP contribution in [-0.4, -0.2) is 40.6 Å². The molecule has 0 aliphatic carbocycles. The van der Waals surface area contributed by atoms with Gasteiger partial charge in [0.2, 0.25) is 5.91 Å². The smallest absolute Gasteiger partial charge is 0.234 e. The van der Waals surface area contributed by atoms with Gasteiger partial charge in [0.05, 0.1) is 42.5 Å². The second-order valence-corrected chi connectivity index (χ2v) is 7.72. The molecule has 0 saturated carbocycles. The van der Waals surface area contributed by atoms with Crippen molar-refractivity contribution in [2.24, 2.45) is 0 Å². The van der Waals surface area contributed by atoms with Crippen LogP contribution in [0.2, 0.25) is 5.02 Å². The van der Waals surface area contributed by atoms with Crippen molar-refractivity contribution in [1.29, 1.82) is 0 Å². The Morgan fingerprint density at radius 2 is 2.03 bits per heavy atom. The SMILES string of the molecule is CCCn1c(SCC(=O)Nc2cc(OC)c(Cl)cc2OC)nnc1-c1ccoc1C. The number of amides is 1. The molecule has 8 nitrogen and oxygen atoms in total. The predicted molar refractivity (Wildman–Crippen MR) is 117 cm³/mol. The van der Waals surface area contributed by atoms with Gasteiger partial charge in [-0.15, -0.1) is 10.2 Å². The number of carbonyl (C=O) groups is 1. The van der Waals surface area contributed by atoms with Gasteiger partial charge in [-0.05, 0) is 19.4 Å². The normalized spacial score (nSPS) is 10.8. The topological polar surface area (TPSA) is 91.4 Å². The summed E-state index contributed by atoms with van der Waals surface area (Å²) >= 11 is 7.43. The molecule has 1 aromatic carbocycles. The van der Waals surface area contributed by atoms with E-state index < -0.39 is 0 Å². The Kier molecular flexibility index (Phi) is 7.28. The average molecular weight is 451 g/mol.